The topological polar surface area (TPSA) is 93.6 Å². The van der Waals surface area contributed by atoms with Crippen LogP contribution in [0.3, 0.4) is 0 Å². The van der Waals surface area contributed by atoms with E-state index < -0.39 is 11.0 Å². The highest BCUT2D eigenvalue weighted by atomic mass is 16.6. The number of nitrogens with zero attached hydrogens (tertiary/aromatic N) is 5. The summed E-state index contributed by atoms with van der Waals surface area (Å²) in [6.07, 6.45) is 2.39. The summed E-state index contributed by atoms with van der Waals surface area (Å²) < 4.78 is 1.83. The highest BCUT2D eigenvalue weighted by Crippen LogP contribution is 2.39. The molecule has 0 N–H and O–H groups in total. The fourth-order valence-electron chi connectivity index (χ4n) is 4.77. The quantitative estimate of drug-likeness (QED) is 0.193. The van der Waals surface area contributed by atoms with Gasteiger partial charge in [0.15, 0.2) is 0 Å². The average Bonchev–Trinajstić information content (AvgIpc) is 3.64. The van der Waals surface area contributed by atoms with Crippen LogP contribution in [0.15, 0.2) is 127 Å². The molecule has 39 heavy (non-hydrogen) atoms. The number of hydrogen-bond acceptors (Lipinski definition) is 5. The molecule has 5 aromatic rings. The second kappa shape index (κ2) is 10.2. The molecule has 1 atom stereocenters. The molecule has 6 rings (SSSR count). The molecular formula is C31H23N5O3. The van der Waals surface area contributed by atoms with Crippen LogP contribution in [0.5, 0.6) is 0 Å². The number of nitro groups is 1. The smallest absolute Gasteiger partial charge is 0.267 e. The Balaban J connectivity index is 1.47. The summed E-state index contributed by atoms with van der Waals surface area (Å²) in [7, 11) is 0. The van der Waals surface area contributed by atoms with E-state index in [1.807, 2.05) is 89.7 Å². The molecule has 1 aromatic heterocycles. The molecule has 0 saturated heterocycles. The van der Waals surface area contributed by atoms with Gasteiger partial charge < -0.3 is 0 Å². The van der Waals surface area contributed by atoms with E-state index in [2.05, 4.69) is 0 Å². The highest BCUT2D eigenvalue weighted by Gasteiger charge is 2.36. The molecule has 0 radical (unpaired) electrons. The van der Waals surface area contributed by atoms with Gasteiger partial charge in [-0.05, 0) is 42.0 Å². The summed E-state index contributed by atoms with van der Waals surface area (Å²) in [5.41, 5.74) is 5.37. The molecule has 190 valence electrons. The number of para-hydroxylation sites is 1. The van der Waals surface area contributed by atoms with Crippen LogP contribution in [0.1, 0.15) is 33.9 Å². The lowest BCUT2D eigenvalue weighted by Gasteiger charge is -2.22. The molecule has 4 aromatic carbocycles. The SMILES string of the molecule is O=C(c1ccccc1)N1N=C(c2ccc([N+](=O)[O-])cc2)CC1c1cn(-c2ccccc2)nc1-c1ccccc1. The van der Waals surface area contributed by atoms with Gasteiger partial charge in [-0.3, -0.25) is 14.9 Å². The minimum Gasteiger partial charge on any atom is -0.267 e. The van der Waals surface area contributed by atoms with E-state index in [-0.39, 0.29) is 11.6 Å². The van der Waals surface area contributed by atoms with Crippen molar-refractivity contribution in [3.63, 3.8) is 0 Å². The first-order valence-electron chi connectivity index (χ1n) is 12.5. The fraction of sp³-hybridized carbons (Fsp3) is 0.0645. The summed E-state index contributed by atoms with van der Waals surface area (Å²) in [4.78, 5) is 24.5. The summed E-state index contributed by atoms with van der Waals surface area (Å²) in [6.45, 7) is 0. The van der Waals surface area contributed by atoms with Gasteiger partial charge in [-0.15, -0.1) is 0 Å². The van der Waals surface area contributed by atoms with E-state index >= 15 is 0 Å². The van der Waals surface area contributed by atoms with Crippen molar-refractivity contribution in [3.8, 4) is 16.9 Å². The zero-order chi connectivity index (χ0) is 26.8. The monoisotopic (exact) mass is 513 g/mol. The van der Waals surface area contributed by atoms with Gasteiger partial charge in [-0.25, -0.2) is 9.69 Å². The van der Waals surface area contributed by atoms with Crippen LogP contribution in [-0.2, 0) is 0 Å². The Hall–Kier alpha value is -5.37. The third kappa shape index (κ3) is 4.71. The van der Waals surface area contributed by atoms with Gasteiger partial charge >= 0.3 is 0 Å². The van der Waals surface area contributed by atoms with Crippen molar-refractivity contribution < 1.29 is 9.72 Å². The Morgan fingerprint density at radius 2 is 1.41 bits per heavy atom. The first kappa shape index (κ1) is 24.0. The van der Waals surface area contributed by atoms with Crippen LogP contribution < -0.4 is 0 Å². The molecule has 1 amide bonds. The number of benzene rings is 4. The van der Waals surface area contributed by atoms with Crippen molar-refractivity contribution in [1.82, 2.24) is 14.8 Å². The second-order valence-corrected chi connectivity index (χ2v) is 9.17. The van der Waals surface area contributed by atoms with Crippen LogP contribution in [0.25, 0.3) is 16.9 Å². The van der Waals surface area contributed by atoms with Crippen molar-refractivity contribution in [3.05, 3.63) is 148 Å². The summed E-state index contributed by atoms with van der Waals surface area (Å²) in [6, 6.07) is 34.6. The zero-order valence-electron chi connectivity index (χ0n) is 20.8. The summed E-state index contributed by atoms with van der Waals surface area (Å²) in [5, 5.41) is 22.4. The van der Waals surface area contributed by atoms with Crippen LogP contribution in [0.2, 0.25) is 0 Å². The second-order valence-electron chi connectivity index (χ2n) is 9.17. The number of rotatable bonds is 6. The maximum Gasteiger partial charge on any atom is 0.274 e. The van der Waals surface area contributed by atoms with Crippen molar-refractivity contribution >= 4 is 17.3 Å². The van der Waals surface area contributed by atoms with E-state index in [1.165, 1.54) is 17.1 Å². The molecule has 0 bridgehead atoms. The van der Waals surface area contributed by atoms with Gasteiger partial charge in [0.2, 0.25) is 0 Å². The predicted octanol–water partition coefficient (Wildman–Crippen LogP) is 6.44. The van der Waals surface area contributed by atoms with Gasteiger partial charge in [0.1, 0.15) is 0 Å². The van der Waals surface area contributed by atoms with E-state index in [0.717, 1.165) is 28.1 Å². The Morgan fingerprint density at radius 1 is 0.795 bits per heavy atom. The molecule has 2 heterocycles. The van der Waals surface area contributed by atoms with Crippen LogP contribution in [-0.4, -0.2) is 31.3 Å². The minimum absolute atomic E-state index is 0.00150. The van der Waals surface area contributed by atoms with E-state index in [9.17, 15) is 14.9 Å². The molecule has 1 aliphatic heterocycles. The number of hydrogen-bond donors (Lipinski definition) is 0. The Bertz CT molecular complexity index is 1660. The zero-order valence-corrected chi connectivity index (χ0v) is 20.8. The average molecular weight is 514 g/mol. The Labute approximate surface area is 224 Å². The Kier molecular flexibility index (Phi) is 6.26. The number of non-ortho nitro benzene ring substituents is 1. The summed E-state index contributed by atoms with van der Waals surface area (Å²) in [5.74, 6) is -0.232. The number of carbonyl (C=O) groups is 1. The van der Waals surface area contributed by atoms with Crippen LogP contribution in [0.4, 0.5) is 5.69 Å². The molecule has 1 aliphatic rings. The van der Waals surface area contributed by atoms with Crippen molar-refractivity contribution in [2.24, 2.45) is 5.10 Å². The Morgan fingerprint density at radius 3 is 2.05 bits per heavy atom. The van der Waals surface area contributed by atoms with Gasteiger partial charge in [0.25, 0.3) is 11.6 Å². The van der Waals surface area contributed by atoms with E-state index in [0.29, 0.717) is 17.7 Å². The molecule has 0 fully saturated rings. The van der Waals surface area contributed by atoms with Crippen molar-refractivity contribution in [2.45, 2.75) is 12.5 Å². The number of carbonyl (C=O) groups excluding carboxylic acids is 1. The molecule has 8 nitrogen and oxygen atoms in total. The third-order valence-corrected chi connectivity index (χ3v) is 6.72. The third-order valence-electron chi connectivity index (χ3n) is 6.72. The predicted molar refractivity (Wildman–Crippen MR) is 149 cm³/mol. The maximum absolute atomic E-state index is 13.8. The standard InChI is InChI=1S/C31H23N5O3/c37-31(24-12-6-2-7-13-24)35-29(20-28(32-35)22-16-18-26(19-17-22)36(38)39)27-21-34(25-14-8-3-9-15-25)33-30(27)23-10-4-1-5-11-23/h1-19,21,29H,20H2. The normalized spacial score (nSPS) is 14.7. The van der Waals surface area contributed by atoms with Gasteiger partial charge in [-0.2, -0.15) is 10.2 Å². The van der Waals surface area contributed by atoms with Crippen LogP contribution >= 0.6 is 0 Å². The van der Waals surface area contributed by atoms with Gasteiger partial charge in [0.05, 0.1) is 28.1 Å². The van der Waals surface area contributed by atoms with E-state index in [1.54, 1.807) is 24.3 Å². The lowest BCUT2D eigenvalue weighted by Crippen LogP contribution is -2.27. The minimum atomic E-state index is -0.435. The van der Waals surface area contributed by atoms with Crippen molar-refractivity contribution in [1.29, 1.82) is 0 Å². The molecule has 8 heteroatoms. The highest BCUT2D eigenvalue weighted by molar-refractivity contribution is 6.05. The number of nitro benzene ring substituents is 1. The van der Waals surface area contributed by atoms with Crippen molar-refractivity contribution in [2.75, 3.05) is 0 Å². The van der Waals surface area contributed by atoms with Gasteiger partial charge in [-0.1, -0.05) is 66.7 Å². The van der Waals surface area contributed by atoms with Gasteiger partial charge in [0, 0.05) is 41.4 Å². The number of amides is 1. The summed E-state index contributed by atoms with van der Waals surface area (Å²) >= 11 is 0. The molecule has 1 unspecified atom stereocenters. The molecule has 0 saturated carbocycles. The molecule has 0 spiro atoms. The first-order valence-corrected chi connectivity index (χ1v) is 12.5. The maximum atomic E-state index is 13.8. The number of hydrazone groups is 1. The molecule has 0 aliphatic carbocycles. The molecular weight excluding hydrogens is 490 g/mol. The fourth-order valence-corrected chi connectivity index (χ4v) is 4.77. The number of aromatic nitrogens is 2. The lowest BCUT2D eigenvalue weighted by molar-refractivity contribution is -0.384. The van der Waals surface area contributed by atoms with Crippen LogP contribution in [0, 0.1) is 10.1 Å². The largest absolute Gasteiger partial charge is 0.274 e. The lowest BCUT2D eigenvalue weighted by atomic mass is 9.96. The van der Waals surface area contributed by atoms with E-state index in [4.69, 9.17) is 10.2 Å². The first-order chi connectivity index (χ1) is 19.1.